The number of hydrogen-bond acceptors (Lipinski definition) is 5. The van der Waals surface area contributed by atoms with E-state index in [4.69, 9.17) is 4.74 Å². The molecule has 0 unspecified atom stereocenters. The Morgan fingerprint density at radius 2 is 1.88 bits per heavy atom. The topological polar surface area (TPSA) is 66.5 Å². The van der Waals surface area contributed by atoms with Gasteiger partial charge < -0.3 is 20.3 Å². The minimum Gasteiger partial charge on any atom is -0.378 e. The van der Waals surface area contributed by atoms with Crippen molar-refractivity contribution in [1.29, 1.82) is 0 Å². The van der Waals surface area contributed by atoms with Gasteiger partial charge in [0.15, 0.2) is 0 Å². The van der Waals surface area contributed by atoms with Crippen molar-refractivity contribution in [2.45, 2.75) is 18.9 Å². The van der Waals surface area contributed by atoms with Crippen LogP contribution in [0.15, 0.2) is 42.6 Å². The van der Waals surface area contributed by atoms with Crippen molar-refractivity contribution in [1.82, 2.24) is 10.3 Å². The molecule has 6 heteroatoms. The number of nitrogens with one attached hydrogen (secondary N) is 2. The lowest BCUT2D eigenvalue weighted by atomic mass is 10.2. The third kappa shape index (κ3) is 4.09. The molecule has 1 saturated carbocycles. The SMILES string of the molecule is O=C(NC1CC1)c1ccnc(Nc2ccc(N3CCOCC3)cc2)c1. The van der Waals surface area contributed by atoms with Crippen molar-refractivity contribution < 1.29 is 9.53 Å². The first kappa shape index (κ1) is 15.9. The van der Waals surface area contributed by atoms with Gasteiger partial charge in [-0.3, -0.25) is 4.79 Å². The number of ether oxygens (including phenoxy) is 1. The zero-order valence-corrected chi connectivity index (χ0v) is 14.1. The second kappa shape index (κ2) is 7.11. The van der Waals surface area contributed by atoms with E-state index in [9.17, 15) is 4.79 Å². The molecule has 130 valence electrons. The molecule has 0 spiro atoms. The van der Waals surface area contributed by atoms with Gasteiger partial charge in [0.25, 0.3) is 5.91 Å². The van der Waals surface area contributed by atoms with E-state index in [1.807, 2.05) is 12.1 Å². The number of hydrogen-bond donors (Lipinski definition) is 2. The van der Waals surface area contributed by atoms with Gasteiger partial charge in [-0.15, -0.1) is 0 Å². The predicted octanol–water partition coefficient (Wildman–Crippen LogP) is 2.55. The zero-order valence-electron chi connectivity index (χ0n) is 14.1. The van der Waals surface area contributed by atoms with E-state index >= 15 is 0 Å². The summed E-state index contributed by atoms with van der Waals surface area (Å²) in [6, 6.07) is 12.1. The minimum atomic E-state index is -0.0318. The summed E-state index contributed by atoms with van der Waals surface area (Å²) in [4.78, 5) is 18.8. The van der Waals surface area contributed by atoms with E-state index in [0.717, 1.165) is 44.8 Å². The van der Waals surface area contributed by atoms with Crippen molar-refractivity contribution in [3.63, 3.8) is 0 Å². The van der Waals surface area contributed by atoms with Gasteiger partial charge in [0.2, 0.25) is 0 Å². The van der Waals surface area contributed by atoms with Crippen LogP contribution in [0.2, 0.25) is 0 Å². The lowest BCUT2D eigenvalue weighted by Gasteiger charge is -2.28. The number of pyridine rings is 1. The highest BCUT2D eigenvalue weighted by Crippen LogP contribution is 2.22. The number of aromatic nitrogens is 1. The highest BCUT2D eigenvalue weighted by molar-refractivity contribution is 5.95. The summed E-state index contributed by atoms with van der Waals surface area (Å²) in [7, 11) is 0. The molecule has 4 rings (SSSR count). The molecule has 2 aliphatic rings. The van der Waals surface area contributed by atoms with Gasteiger partial charge >= 0.3 is 0 Å². The molecule has 1 aliphatic carbocycles. The number of anilines is 3. The standard InChI is InChI=1S/C19H22N4O2/c24-19(22-16-1-2-16)14-7-8-20-18(13-14)21-15-3-5-17(6-4-15)23-9-11-25-12-10-23/h3-8,13,16H,1-2,9-12H2,(H,20,21)(H,22,24). The first-order valence-corrected chi connectivity index (χ1v) is 8.75. The first-order valence-electron chi connectivity index (χ1n) is 8.75. The largest absolute Gasteiger partial charge is 0.378 e. The van der Waals surface area contributed by atoms with E-state index in [1.54, 1.807) is 18.3 Å². The maximum atomic E-state index is 12.1. The van der Waals surface area contributed by atoms with Gasteiger partial charge in [0.05, 0.1) is 13.2 Å². The average Bonchev–Trinajstić information content (AvgIpc) is 3.47. The van der Waals surface area contributed by atoms with Gasteiger partial charge in [-0.05, 0) is 49.2 Å². The molecule has 0 atom stereocenters. The fourth-order valence-electron chi connectivity index (χ4n) is 2.86. The zero-order chi connectivity index (χ0) is 17.1. The molecular weight excluding hydrogens is 316 g/mol. The Balaban J connectivity index is 1.41. The summed E-state index contributed by atoms with van der Waals surface area (Å²) in [5.74, 6) is 0.637. The highest BCUT2D eigenvalue weighted by Gasteiger charge is 2.23. The van der Waals surface area contributed by atoms with Gasteiger partial charge in [-0.1, -0.05) is 0 Å². The van der Waals surface area contributed by atoms with Crippen molar-refractivity contribution in [2.75, 3.05) is 36.5 Å². The van der Waals surface area contributed by atoms with Crippen molar-refractivity contribution in [3.8, 4) is 0 Å². The van der Waals surface area contributed by atoms with Crippen LogP contribution in [0.4, 0.5) is 17.2 Å². The Morgan fingerprint density at radius 1 is 1.12 bits per heavy atom. The summed E-state index contributed by atoms with van der Waals surface area (Å²) in [6.45, 7) is 3.40. The molecule has 2 fully saturated rings. The van der Waals surface area contributed by atoms with E-state index in [2.05, 4.69) is 32.7 Å². The van der Waals surface area contributed by atoms with Gasteiger partial charge in [-0.2, -0.15) is 0 Å². The molecule has 2 heterocycles. The average molecular weight is 338 g/mol. The monoisotopic (exact) mass is 338 g/mol. The van der Waals surface area contributed by atoms with E-state index in [1.165, 1.54) is 5.69 Å². The molecule has 6 nitrogen and oxygen atoms in total. The predicted molar refractivity (Wildman–Crippen MR) is 97.5 cm³/mol. The van der Waals surface area contributed by atoms with Crippen LogP contribution < -0.4 is 15.5 Å². The molecule has 25 heavy (non-hydrogen) atoms. The summed E-state index contributed by atoms with van der Waals surface area (Å²) in [5, 5.41) is 6.26. The third-order valence-electron chi connectivity index (χ3n) is 4.45. The Morgan fingerprint density at radius 3 is 2.60 bits per heavy atom. The summed E-state index contributed by atoms with van der Waals surface area (Å²) in [5.41, 5.74) is 2.78. The molecule has 0 bridgehead atoms. The second-order valence-corrected chi connectivity index (χ2v) is 6.45. The summed E-state index contributed by atoms with van der Waals surface area (Å²) < 4.78 is 5.39. The highest BCUT2D eigenvalue weighted by atomic mass is 16.5. The van der Waals surface area contributed by atoms with Crippen LogP contribution >= 0.6 is 0 Å². The lowest BCUT2D eigenvalue weighted by molar-refractivity contribution is 0.0951. The van der Waals surface area contributed by atoms with Crippen molar-refractivity contribution in [2.24, 2.45) is 0 Å². The third-order valence-corrected chi connectivity index (χ3v) is 4.45. The smallest absolute Gasteiger partial charge is 0.251 e. The normalized spacial score (nSPS) is 17.2. The van der Waals surface area contributed by atoms with Crippen LogP contribution in [0.25, 0.3) is 0 Å². The maximum Gasteiger partial charge on any atom is 0.251 e. The lowest BCUT2D eigenvalue weighted by Crippen LogP contribution is -2.36. The molecule has 1 saturated heterocycles. The molecule has 1 amide bonds. The number of rotatable bonds is 5. The number of amides is 1. The van der Waals surface area contributed by atoms with Crippen LogP contribution in [-0.2, 0) is 4.74 Å². The molecule has 2 N–H and O–H groups in total. The van der Waals surface area contributed by atoms with Crippen LogP contribution in [0.3, 0.4) is 0 Å². The Kier molecular flexibility index (Phi) is 4.52. The number of carbonyl (C=O) groups is 1. The van der Waals surface area contributed by atoms with Crippen LogP contribution in [0.5, 0.6) is 0 Å². The number of carbonyl (C=O) groups excluding carboxylic acids is 1. The number of nitrogens with zero attached hydrogens (tertiary/aromatic N) is 2. The van der Waals surface area contributed by atoms with Crippen LogP contribution in [0.1, 0.15) is 23.2 Å². The number of morpholine rings is 1. The Labute approximate surface area is 147 Å². The molecule has 1 aromatic heterocycles. The second-order valence-electron chi connectivity index (χ2n) is 6.45. The van der Waals surface area contributed by atoms with E-state index in [-0.39, 0.29) is 5.91 Å². The van der Waals surface area contributed by atoms with Crippen LogP contribution in [-0.4, -0.2) is 43.2 Å². The Hall–Kier alpha value is -2.60. The van der Waals surface area contributed by atoms with Gasteiger partial charge in [-0.25, -0.2) is 4.98 Å². The number of benzene rings is 1. The molecule has 0 radical (unpaired) electrons. The quantitative estimate of drug-likeness (QED) is 0.877. The fraction of sp³-hybridized carbons (Fsp3) is 0.368. The van der Waals surface area contributed by atoms with Crippen LogP contribution in [0, 0.1) is 0 Å². The molecular formula is C19H22N4O2. The fourth-order valence-corrected chi connectivity index (χ4v) is 2.86. The first-order chi connectivity index (χ1) is 12.3. The van der Waals surface area contributed by atoms with Crippen molar-refractivity contribution in [3.05, 3.63) is 48.2 Å². The summed E-state index contributed by atoms with van der Waals surface area (Å²) >= 11 is 0. The van der Waals surface area contributed by atoms with Crippen molar-refractivity contribution >= 4 is 23.1 Å². The molecule has 1 aromatic carbocycles. The van der Waals surface area contributed by atoms with E-state index in [0.29, 0.717) is 17.4 Å². The maximum absolute atomic E-state index is 12.1. The Bertz CT molecular complexity index is 737. The molecule has 1 aliphatic heterocycles. The molecule has 2 aromatic rings. The minimum absolute atomic E-state index is 0.0318. The van der Waals surface area contributed by atoms with E-state index < -0.39 is 0 Å². The van der Waals surface area contributed by atoms with Gasteiger partial charge in [0, 0.05) is 42.3 Å². The van der Waals surface area contributed by atoms with Gasteiger partial charge in [0.1, 0.15) is 5.82 Å². The summed E-state index contributed by atoms with van der Waals surface area (Å²) in [6.07, 6.45) is 3.82.